The molecule has 0 spiro atoms. The quantitative estimate of drug-likeness (QED) is 0.525. The van der Waals surface area contributed by atoms with Crippen LogP contribution in [0.25, 0.3) is 0 Å². The summed E-state index contributed by atoms with van der Waals surface area (Å²) in [6.07, 6.45) is 4.40. The third-order valence-electron chi connectivity index (χ3n) is 6.48. The lowest BCUT2D eigenvalue weighted by Crippen LogP contribution is -2.37. The van der Waals surface area contributed by atoms with Crippen LogP contribution in [0.15, 0.2) is 79.1 Å². The third-order valence-corrected chi connectivity index (χ3v) is 6.48. The van der Waals surface area contributed by atoms with Crippen LogP contribution in [0.2, 0.25) is 0 Å². The van der Waals surface area contributed by atoms with Crippen LogP contribution in [-0.2, 0) is 11.2 Å². The summed E-state index contributed by atoms with van der Waals surface area (Å²) in [5.41, 5.74) is 3.03. The maximum atomic E-state index is 13.6. The van der Waals surface area contributed by atoms with Crippen LogP contribution in [0.1, 0.15) is 42.0 Å². The molecular formula is C27H29N3O3. The Bertz CT molecular complexity index is 1090. The van der Waals surface area contributed by atoms with Gasteiger partial charge in [-0.25, -0.2) is 4.79 Å². The lowest BCUT2D eigenvalue weighted by molar-refractivity contribution is -0.129. The smallest absolute Gasteiger partial charge is 0.327 e. The van der Waals surface area contributed by atoms with Crippen molar-refractivity contribution < 1.29 is 14.3 Å². The lowest BCUT2D eigenvalue weighted by Gasteiger charge is -2.26. The van der Waals surface area contributed by atoms with Crippen molar-refractivity contribution in [3.63, 3.8) is 0 Å². The van der Waals surface area contributed by atoms with E-state index in [1.54, 1.807) is 31.5 Å². The summed E-state index contributed by atoms with van der Waals surface area (Å²) in [4.78, 5) is 34.1. The number of pyridine rings is 1. The van der Waals surface area contributed by atoms with Gasteiger partial charge in [-0.3, -0.25) is 14.7 Å². The fraction of sp³-hybridized carbons (Fsp3) is 0.296. The minimum absolute atomic E-state index is 0.106. The zero-order valence-electron chi connectivity index (χ0n) is 19.2. The van der Waals surface area contributed by atoms with Gasteiger partial charge < -0.3 is 9.64 Å². The molecule has 170 valence electrons. The highest BCUT2D eigenvalue weighted by molar-refractivity contribution is 5.97. The summed E-state index contributed by atoms with van der Waals surface area (Å²) in [5, 5.41) is 0. The molecule has 0 radical (unpaired) electrons. The van der Waals surface area contributed by atoms with E-state index in [-0.39, 0.29) is 36.4 Å². The molecule has 3 amide bonds. The summed E-state index contributed by atoms with van der Waals surface area (Å²) in [6, 6.07) is 20.8. The molecule has 4 rings (SSSR count). The summed E-state index contributed by atoms with van der Waals surface area (Å²) in [5.74, 6) is 0.510. The number of amides is 3. The number of methoxy groups -OCH3 is 1. The van der Waals surface area contributed by atoms with E-state index in [0.29, 0.717) is 6.42 Å². The molecule has 33 heavy (non-hydrogen) atoms. The van der Waals surface area contributed by atoms with Gasteiger partial charge in [0.2, 0.25) is 5.91 Å². The van der Waals surface area contributed by atoms with Crippen LogP contribution in [0.5, 0.6) is 5.75 Å². The summed E-state index contributed by atoms with van der Waals surface area (Å²) in [7, 11) is 3.40. The highest BCUT2D eigenvalue weighted by atomic mass is 16.5. The SMILES string of the molecule is COc1ccc(C[C@@H](CC(=O)N2C(=O)N(C)[C@H](C)[C@@H]2c2ccccc2)c2cccnc2)cc1. The second-order valence-electron chi connectivity index (χ2n) is 8.49. The average molecular weight is 444 g/mol. The van der Waals surface area contributed by atoms with Crippen molar-refractivity contribution in [2.75, 3.05) is 14.2 Å². The van der Waals surface area contributed by atoms with E-state index in [2.05, 4.69) is 4.98 Å². The highest BCUT2D eigenvalue weighted by Crippen LogP contribution is 2.36. The van der Waals surface area contributed by atoms with Crippen LogP contribution in [-0.4, -0.2) is 46.9 Å². The first kappa shape index (κ1) is 22.5. The number of hydrogen-bond donors (Lipinski definition) is 0. The topological polar surface area (TPSA) is 62.7 Å². The van der Waals surface area contributed by atoms with Crippen molar-refractivity contribution in [1.29, 1.82) is 0 Å². The molecular weight excluding hydrogens is 414 g/mol. The molecule has 1 fully saturated rings. The summed E-state index contributed by atoms with van der Waals surface area (Å²) < 4.78 is 5.26. The van der Waals surface area contributed by atoms with E-state index in [4.69, 9.17) is 4.74 Å². The second kappa shape index (κ2) is 9.86. The predicted octanol–water partition coefficient (Wildman–Crippen LogP) is 4.83. The summed E-state index contributed by atoms with van der Waals surface area (Å²) in [6.45, 7) is 1.98. The standard InChI is InChI=1S/C27H29N3O3/c1-19-26(21-8-5-4-6-9-21)30(27(32)29(19)2)25(31)17-23(22-10-7-15-28-18-22)16-20-11-13-24(33-3)14-12-20/h4-15,18-19,23,26H,16-17H2,1-3H3/t19-,23+,26-/m1/s1. The van der Waals surface area contributed by atoms with E-state index < -0.39 is 0 Å². The number of urea groups is 1. The van der Waals surface area contributed by atoms with Crippen molar-refractivity contribution in [3.05, 3.63) is 95.8 Å². The predicted molar refractivity (Wildman–Crippen MR) is 127 cm³/mol. The summed E-state index contributed by atoms with van der Waals surface area (Å²) >= 11 is 0. The van der Waals surface area contributed by atoms with Gasteiger partial charge in [-0.15, -0.1) is 0 Å². The Balaban J connectivity index is 1.61. The molecule has 6 nitrogen and oxygen atoms in total. The molecule has 1 aliphatic rings. The van der Waals surface area contributed by atoms with Crippen molar-refractivity contribution in [2.45, 2.75) is 37.8 Å². The molecule has 2 heterocycles. The van der Waals surface area contributed by atoms with Gasteiger partial charge in [-0.1, -0.05) is 48.5 Å². The number of hydrogen-bond acceptors (Lipinski definition) is 4. The number of nitrogens with zero attached hydrogens (tertiary/aromatic N) is 3. The maximum absolute atomic E-state index is 13.6. The van der Waals surface area contributed by atoms with E-state index in [1.165, 1.54) is 4.90 Å². The Morgan fingerprint density at radius 2 is 1.79 bits per heavy atom. The molecule has 6 heteroatoms. The fourth-order valence-corrected chi connectivity index (χ4v) is 4.51. The first-order valence-electron chi connectivity index (χ1n) is 11.2. The van der Waals surface area contributed by atoms with Crippen LogP contribution < -0.4 is 4.74 Å². The molecule has 3 aromatic rings. The first-order chi connectivity index (χ1) is 16.0. The van der Waals surface area contributed by atoms with Gasteiger partial charge in [0.15, 0.2) is 0 Å². The number of likely N-dealkylation sites (N-methyl/N-ethyl adjacent to an activating group) is 1. The number of aromatic nitrogens is 1. The van der Waals surface area contributed by atoms with Gasteiger partial charge in [0.05, 0.1) is 19.2 Å². The van der Waals surface area contributed by atoms with E-state index in [1.807, 2.05) is 73.7 Å². The molecule has 1 saturated heterocycles. The van der Waals surface area contributed by atoms with Crippen LogP contribution in [0.3, 0.4) is 0 Å². The molecule has 1 aliphatic heterocycles. The van der Waals surface area contributed by atoms with Crippen molar-refractivity contribution in [3.8, 4) is 5.75 Å². The highest BCUT2D eigenvalue weighted by Gasteiger charge is 2.45. The van der Waals surface area contributed by atoms with Gasteiger partial charge in [0.1, 0.15) is 5.75 Å². The fourth-order valence-electron chi connectivity index (χ4n) is 4.51. The number of carbonyl (C=O) groups excluding carboxylic acids is 2. The molecule has 0 N–H and O–H groups in total. The molecule has 0 saturated carbocycles. The monoisotopic (exact) mass is 443 g/mol. The zero-order chi connectivity index (χ0) is 23.4. The molecule has 0 aliphatic carbocycles. The van der Waals surface area contributed by atoms with Gasteiger partial charge in [-0.2, -0.15) is 0 Å². The molecule has 0 unspecified atom stereocenters. The Labute approximate surface area is 194 Å². The third kappa shape index (κ3) is 4.75. The Hall–Kier alpha value is -3.67. The van der Waals surface area contributed by atoms with Crippen molar-refractivity contribution in [1.82, 2.24) is 14.8 Å². The van der Waals surface area contributed by atoms with Crippen LogP contribution >= 0.6 is 0 Å². The largest absolute Gasteiger partial charge is 0.497 e. The molecule has 3 atom stereocenters. The lowest BCUT2D eigenvalue weighted by atomic mass is 9.89. The Morgan fingerprint density at radius 3 is 2.42 bits per heavy atom. The Morgan fingerprint density at radius 1 is 1.06 bits per heavy atom. The maximum Gasteiger partial charge on any atom is 0.327 e. The molecule has 0 bridgehead atoms. The van der Waals surface area contributed by atoms with Gasteiger partial charge in [-0.05, 0) is 54.2 Å². The first-order valence-corrected chi connectivity index (χ1v) is 11.2. The van der Waals surface area contributed by atoms with Crippen LogP contribution in [0.4, 0.5) is 4.79 Å². The number of rotatable bonds is 7. The van der Waals surface area contributed by atoms with E-state index in [0.717, 1.165) is 22.4 Å². The number of carbonyl (C=O) groups is 2. The molecule has 2 aromatic carbocycles. The van der Waals surface area contributed by atoms with Gasteiger partial charge >= 0.3 is 6.03 Å². The second-order valence-corrected chi connectivity index (χ2v) is 8.49. The van der Waals surface area contributed by atoms with Crippen molar-refractivity contribution >= 4 is 11.9 Å². The van der Waals surface area contributed by atoms with Crippen molar-refractivity contribution in [2.24, 2.45) is 0 Å². The Kier molecular flexibility index (Phi) is 6.73. The molecule has 1 aromatic heterocycles. The number of benzene rings is 2. The number of ether oxygens (including phenoxy) is 1. The van der Waals surface area contributed by atoms with Gasteiger partial charge in [0, 0.05) is 25.9 Å². The van der Waals surface area contributed by atoms with E-state index in [9.17, 15) is 9.59 Å². The minimum atomic E-state index is -0.313. The van der Waals surface area contributed by atoms with Crippen LogP contribution in [0, 0.1) is 0 Å². The van der Waals surface area contributed by atoms with E-state index >= 15 is 0 Å². The zero-order valence-corrected chi connectivity index (χ0v) is 19.2. The normalized spacial score (nSPS) is 18.9. The van der Waals surface area contributed by atoms with Gasteiger partial charge in [0.25, 0.3) is 0 Å². The average Bonchev–Trinajstić information content (AvgIpc) is 3.09. The number of imide groups is 1. The minimum Gasteiger partial charge on any atom is -0.497 e.